The average molecular weight is 552 g/mol. The molecule has 1 unspecified atom stereocenters. The molecule has 2 aromatic carbocycles. The molecule has 2 N–H and O–H groups in total. The SMILES string of the molecule is O=C(NO)C1(S(=O)Oc2ccc(Oc3ccc(OC(F)(F)F)cc3)cc2)CCN(Cc2cccnc2)CC1. The Morgan fingerprint density at radius 2 is 1.58 bits per heavy atom. The van der Waals surface area contributed by atoms with Gasteiger partial charge in [-0.15, -0.1) is 13.2 Å². The summed E-state index contributed by atoms with van der Waals surface area (Å²) in [6.07, 6.45) is -0.952. The van der Waals surface area contributed by atoms with Crippen LogP contribution in [0.15, 0.2) is 73.1 Å². The summed E-state index contributed by atoms with van der Waals surface area (Å²) in [7, 11) is 0. The maximum atomic E-state index is 13.2. The number of benzene rings is 2. The van der Waals surface area contributed by atoms with Gasteiger partial charge in [0.15, 0.2) is 4.75 Å². The fourth-order valence-electron chi connectivity index (χ4n) is 3.97. The molecule has 9 nitrogen and oxygen atoms in total. The minimum Gasteiger partial charge on any atom is -0.457 e. The predicted molar refractivity (Wildman–Crippen MR) is 130 cm³/mol. The van der Waals surface area contributed by atoms with E-state index in [0.717, 1.165) is 17.7 Å². The molecule has 1 atom stereocenters. The van der Waals surface area contributed by atoms with Crippen LogP contribution in [0.5, 0.6) is 23.0 Å². The highest BCUT2D eigenvalue weighted by Gasteiger charge is 2.49. The van der Waals surface area contributed by atoms with Crippen molar-refractivity contribution in [2.45, 2.75) is 30.5 Å². The van der Waals surface area contributed by atoms with Crippen molar-refractivity contribution in [3.63, 3.8) is 0 Å². The van der Waals surface area contributed by atoms with Gasteiger partial charge in [-0.25, -0.2) is 9.69 Å². The van der Waals surface area contributed by atoms with E-state index in [4.69, 9.17) is 8.92 Å². The summed E-state index contributed by atoms with van der Waals surface area (Å²) < 4.78 is 63.7. The smallest absolute Gasteiger partial charge is 0.457 e. The van der Waals surface area contributed by atoms with E-state index < -0.39 is 28.1 Å². The fourth-order valence-corrected chi connectivity index (χ4v) is 5.13. The quantitative estimate of drug-likeness (QED) is 0.298. The number of pyridine rings is 1. The number of hydrogen-bond acceptors (Lipinski definition) is 8. The normalized spacial score (nSPS) is 16.3. The Kier molecular flexibility index (Phi) is 8.49. The first-order valence-electron chi connectivity index (χ1n) is 11.5. The Morgan fingerprint density at radius 3 is 2.11 bits per heavy atom. The number of rotatable bonds is 9. The van der Waals surface area contributed by atoms with Gasteiger partial charge >= 0.3 is 6.36 Å². The fraction of sp³-hybridized carbons (Fsp3) is 0.280. The maximum Gasteiger partial charge on any atom is 0.573 e. The first-order valence-corrected chi connectivity index (χ1v) is 12.5. The summed E-state index contributed by atoms with van der Waals surface area (Å²) in [6.45, 7) is 1.53. The molecule has 0 saturated carbocycles. The minimum absolute atomic E-state index is 0.196. The van der Waals surface area contributed by atoms with Crippen LogP contribution in [0.25, 0.3) is 0 Å². The van der Waals surface area contributed by atoms with Gasteiger partial charge in [-0.05, 0) is 73.0 Å². The van der Waals surface area contributed by atoms with Crippen LogP contribution < -0.4 is 19.1 Å². The number of nitrogens with one attached hydrogen (secondary N) is 1. The summed E-state index contributed by atoms with van der Waals surface area (Å²) >= 11 is -2.12. The molecule has 13 heteroatoms. The molecule has 3 aromatic rings. The number of piperidine rings is 1. The number of carbonyl (C=O) groups is 1. The van der Waals surface area contributed by atoms with E-state index in [2.05, 4.69) is 14.6 Å². The van der Waals surface area contributed by atoms with Crippen molar-refractivity contribution >= 4 is 17.0 Å². The molecule has 1 aromatic heterocycles. The topological polar surface area (TPSA) is 110 Å². The summed E-state index contributed by atoms with van der Waals surface area (Å²) in [5.41, 5.74) is 2.64. The van der Waals surface area contributed by atoms with Crippen LogP contribution in [0.4, 0.5) is 13.2 Å². The second kappa shape index (κ2) is 11.8. The lowest BCUT2D eigenvalue weighted by molar-refractivity contribution is -0.274. The van der Waals surface area contributed by atoms with Gasteiger partial charge in [0.25, 0.3) is 5.91 Å². The number of carbonyl (C=O) groups excluding carboxylic acids is 1. The number of hydrogen-bond donors (Lipinski definition) is 2. The molecule has 38 heavy (non-hydrogen) atoms. The second-order valence-electron chi connectivity index (χ2n) is 8.48. The van der Waals surface area contributed by atoms with Gasteiger partial charge in [0.2, 0.25) is 11.1 Å². The summed E-state index contributed by atoms with van der Waals surface area (Å²) in [5.74, 6) is -0.338. The van der Waals surface area contributed by atoms with Crippen molar-refractivity contribution in [3.05, 3.63) is 78.6 Å². The van der Waals surface area contributed by atoms with E-state index in [1.165, 1.54) is 36.4 Å². The van der Waals surface area contributed by atoms with E-state index in [0.29, 0.717) is 25.4 Å². The standard InChI is InChI=1S/C25H24F3N3O6S/c26-25(27,28)36-21-7-3-19(4-8-21)35-20-5-9-22(10-6-20)37-38(34)24(23(32)30-33)11-14-31(15-12-24)17-18-2-1-13-29-16-18/h1-10,13,16,33H,11-12,14-15,17H2,(H,30,32). The van der Waals surface area contributed by atoms with Crippen LogP contribution in [0.1, 0.15) is 18.4 Å². The molecule has 1 fully saturated rings. The van der Waals surface area contributed by atoms with Gasteiger partial charge in [-0.1, -0.05) is 6.07 Å². The van der Waals surface area contributed by atoms with Crippen LogP contribution in [-0.2, 0) is 22.4 Å². The number of nitrogens with zero attached hydrogens (tertiary/aromatic N) is 2. The highest BCUT2D eigenvalue weighted by Crippen LogP contribution is 2.33. The van der Waals surface area contributed by atoms with Crippen molar-refractivity contribution in [3.8, 4) is 23.0 Å². The molecule has 1 aliphatic rings. The van der Waals surface area contributed by atoms with Gasteiger partial charge in [0.1, 0.15) is 23.0 Å². The van der Waals surface area contributed by atoms with Crippen molar-refractivity contribution < 1.29 is 41.0 Å². The first kappa shape index (κ1) is 27.4. The van der Waals surface area contributed by atoms with E-state index in [9.17, 15) is 27.4 Å². The largest absolute Gasteiger partial charge is 0.573 e. The average Bonchev–Trinajstić information content (AvgIpc) is 2.90. The zero-order chi connectivity index (χ0) is 27.2. The van der Waals surface area contributed by atoms with Gasteiger partial charge in [-0.3, -0.25) is 19.9 Å². The van der Waals surface area contributed by atoms with Gasteiger partial charge in [-0.2, -0.15) is 0 Å². The Morgan fingerprint density at radius 1 is 1.00 bits per heavy atom. The van der Waals surface area contributed by atoms with E-state index >= 15 is 0 Å². The molecule has 0 bridgehead atoms. The number of halogens is 3. The summed E-state index contributed by atoms with van der Waals surface area (Å²) in [4.78, 5) is 18.8. The third-order valence-electron chi connectivity index (χ3n) is 5.92. The second-order valence-corrected chi connectivity index (χ2v) is 9.90. The number of alkyl halides is 3. The zero-order valence-corrected chi connectivity index (χ0v) is 20.7. The Bertz CT molecular complexity index is 1240. The number of likely N-dealkylation sites (tertiary alicyclic amines) is 1. The number of aromatic nitrogens is 1. The third kappa shape index (κ3) is 7.00. The summed E-state index contributed by atoms with van der Waals surface area (Å²) in [5, 5.41) is 9.33. The molecule has 0 radical (unpaired) electrons. The van der Waals surface area contributed by atoms with Crippen LogP contribution in [0, 0.1) is 0 Å². The maximum absolute atomic E-state index is 13.2. The lowest BCUT2D eigenvalue weighted by Gasteiger charge is -2.38. The lowest BCUT2D eigenvalue weighted by atomic mass is 9.94. The molecule has 2 heterocycles. The van der Waals surface area contributed by atoms with Gasteiger partial charge < -0.3 is 13.7 Å². The monoisotopic (exact) mass is 551 g/mol. The predicted octanol–water partition coefficient (Wildman–Crippen LogP) is 4.36. The Balaban J connectivity index is 1.36. The van der Waals surface area contributed by atoms with Crippen LogP contribution in [-0.4, -0.2) is 49.4 Å². The zero-order valence-electron chi connectivity index (χ0n) is 19.9. The summed E-state index contributed by atoms with van der Waals surface area (Å²) in [6, 6.07) is 14.7. The van der Waals surface area contributed by atoms with Crippen LogP contribution >= 0.6 is 0 Å². The Hall–Kier alpha value is -3.68. The lowest BCUT2D eigenvalue weighted by Crippen LogP contribution is -2.56. The first-order chi connectivity index (χ1) is 18.2. The minimum atomic E-state index is -4.79. The number of ether oxygens (including phenoxy) is 2. The number of hydroxylamine groups is 1. The van der Waals surface area contributed by atoms with Gasteiger partial charge in [0, 0.05) is 32.0 Å². The van der Waals surface area contributed by atoms with Crippen molar-refractivity contribution in [1.82, 2.24) is 15.4 Å². The highest BCUT2D eigenvalue weighted by molar-refractivity contribution is 7.83. The molecule has 1 aliphatic heterocycles. The molecular weight excluding hydrogens is 527 g/mol. The molecule has 0 spiro atoms. The van der Waals surface area contributed by atoms with Crippen molar-refractivity contribution in [2.75, 3.05) is 13.1 Å². The third-order valence-corrected chi connectivity index (χ3v) is 7.49. The highest BCUT2D eigenvalue weighted by atomic mass is 32.2. The van der Waals surface area contributed by atoms with Crippen molar-refractivity contribution in [1.29, 1.82) is 0 Å². The molecule has 0 aliphatic carbocycles. The van der Waals surface area contributed by atoms with Crippen LogP contribution in [0.2, 0.25) is 0 Å². The molecular formula is C25H24F3N3O6S. The molecule has 1 amide bonds. The number of amides is 1. The van der Waals surface area contributed by atoms with E-state index in [1.54, 1.807) is 17.9 Å². The Labute approximate surface area is 218 Å². The van der Waals surface area contributed by atoms with E-state index in [-0.39, 0.29) is 30.1 Å². The molecule has 1 saturated heterocycles. The van der Waals surface area contributed by atoms with Crippen molar-refractivity contribution in [2.24, 2.45) is 0 Å². The van der Waals surface area contributed by atoms with Crippen LogP contribution in [0.3, 0.4) is 0 Å². The van der Waals surface area contributed by atoms with E-state index in [1.807, 2.05) is 12.1 Å². The van der Waals surface area contributed by atoms with Gasteiger partial charge in [0.05, 0.1) is 0 Å². The molecule has 202 valence electrons. The molecule has 4 rings (SSSR count).